The Morgan fingerprint density at radius 2 is 2.13 bits per heavy atom. The van der Waals surface area contributed by atoms with Crippen LogP contribution in [0, 0.1) is 12.8 Å². The molecule has 1 saturated carbocycles. The van der Waals surface area contributed by atoms with Gasteiger partial charge in [-0.05, 0) is 38.5 Å². The predicted molar refractivity (Wildman–Crippen MR) is 90.3 cm³/mol. The number of nitrogen functional groups attached to an aromatic ring is 1. The van der Waals surface area contributed by atoms with E-state index in [9.17, 15) is 0 Å². The molecular weight excluding hydrogens is 288 g/mol. The molecule has 6 nitrogen and oxygen atoms in total. The van der Waals surface area contributed by atoms with Crippen molar-refractivity contribution in [1.29, 1.82) is 0 Å². The summed E-state index contributed by atoms with van der Waals surface area (Å²) in [5.74, 6) is 3.87. The third kappa shape index (κ3) is 3.16. The lowest BCUT2D eigenvalue weighted by Gasteiger charge is -2.33. The number of aromatic nitrogens is 4. The van der Waals surface area contributed by atoms with Crippen LogP contribution in [0.4, 0.5) is 11.8 Å². The average Bonchev–Trinajstić information content (AvgIpc) is 3.22. The molecule has 2 aliphatic rings. The Bertz CT molecular complexity index is 670. The van der Waals surface area contributed by atoms with Crippen molar-refractivity contribution in [2.24, 2.45) is 5.92 Å². The lowest BCUT2D eigenvalue weighted by Crippen LogP contribution is -2.36. The van der Waals surface area contributed by atoms with Crippen molar-refractivity contribution in [2.45, 2.75) is 45.1 Å². The number of hydrogen-bond donors (Lipinski definition) is 1. The summed E-state index contributed by atoms with van der Waals surface area (Å²) in [6.45, 7) is 5.07. The lowest BCUT2D eigenvalue weighted by atomic mass is 9.97. The molecule has 0 bridgehead atoms. The van der Waals surface area contributed by atoms with E-state index in [4.69, 9.17) is 5.73 Å². The van der Waals surface area contributed by atoms with Crippen molar-refractivity contribution in [3.63, 3.8) is 0 Å². The highest BCUT2D eigenvalue weighted by Gasteiger charge is 2.28. The van der Waals surface area contributed by atoms with Gasteiger partial charge in [0.05, 0.1) is 0 Å². The smallest absolute Gasteiger partial charge is 0.222 e. The molecule has 2 fully saturated rings. The van der Waals surface area contributed by atoms with Crippen molar-refractivity contribution < 1.29 is 0 Å². The van der Waals surface area contributed by atoms with Gasteiger partial charge in [0.1, 0.15) is 11.6 Å². The zero-order valence-corrected chi connectivity index (χ0v) is 13.6. The Balaban J connectivity index is 1.53. The van der Waals surface area contributed by atoms with Gasteiger partial charge in [0, 0.05) is 49.7 Å². The van der Waals surface area contributed by atoms with E-state index in [2.05, 4.69) is 30.6 Å². The summed E-state index contributed by atoms with van der Waals surface area (Å²) in [4.78, 5) is 15.6. The van der Waals surface area contributed by atoms with Crippen LogP contribution in [0.15, 0.2) is 18.5 Å². The summed E-state index contributed by atoms with van der Waals surface area (Å²) >= 11 is 0. The first kappa shape index (κ1) is 14.5. The Morgan fingerprint density at radius 1 is 1.26 bits per heavy atom. The minimum Gasteiger partial charge on any atom is -0.368 e. The second kappa shape index (κ2) is 5.83. The third-order valence-electron chi connectivity index (χ3n) is 4.87. The summed E-state index contributed by atoms with van der Waals surface area (Å²) in [6.07, 6.45) is 9.17. The second-order valence-electron chi connectivity index (χ2n) is 6.89. The number of hydrogen-bond acceptors (Lipinski definition) is 5. The summed E-state index contributed by atoms with van der Waals surface area (Å²) in [5, 5.41) is 0. The van der Waals surface area contributed by atoms with Crippen LogP contribution in [0.2, 0.25) is 0 Å². The minimum absolute atomic E-state index is 0.359. The topological polar surface area (TPSA) is 72.9 Å². The fraction of sp³-hybridized carbons (Fsp3) is 0.588. The monoisotopic (exact) mass is 312 g/mol. The van der Waals surface area contributed by atoms with Crippen LogP contribution in [0.25, 0.3) is 0 Å². The third-order valence-corrected chi connectivity index (χ3v) is 4.87. The van der Waals surface area contributed by atoms with E-state index in [-0.39, 0.29) is 0 Å². The van der Waals surface area contributed by atoms with E-state index >= 15 is 0 Å². The Morgan fingerprint density at radius 3 is 2.91 bits per heavy atom. The van der Waals surface area contributed by atoms with Crippen LogP contribution in [0.3, 0.4) is 0 Å². The SMILES string of the molecule is Cc1cc(N2CCC[C@H](c3nccn3CC3CC3)C2)nc(N)n1. The van der Waals surface area contributed by atoms with Crippen molar-refractivity contribution >= 4 is 11.8 Å². The number of imidazole rings is 1. The first-order valence-electron chi connectivity index (χ1n) is 8.56. The normalized spacial score (nSPS) is 21.6. The van der Waals surface area contributed by atoms with Crippen LogP contribution in [-0.2, 0) is 6.54 Å². The van der Waals surface area contributed by atoms with Gasteiger partial charge in [-0.15, -0.1) is 0 Å². The molecule has 6 heteroatoms. The van der Waals surface area contributed by atoms with Gasteiger partial charge in [-0.3, -0.25) is 0 Å². The first-order valence-corrected chi connectivity index (χ1v) is 8.56. The standard InChI is InChI=1S/C17H24N6/c1-12-9-15(21-17(18)20-12)22-7-2-3-14(11-22)16-19-6-8-23(16)10-13-4-5-13/h6,8-9,13-14H,2-5,7,10-11H2,1H3,(H2,18,20,21)/t14-/m0/s1. The van der Waals surface area contributed by atoms with E-state index < -0.39 is 0 Å². The number of nitrogens with zero attached hydrogens (tertiary/aromatic N) is 5. The maximum atomic E-state index is 5.82. The van der Waals surface area contributed by atoms with Gasteiger partial charge in [-0.1, -0.05) is 0 Å². The number of piperidine rings is 1. The van der Waals surface area contributed by atoms with E-state index in [1.54, 1.807) is 0 Å². The molecule has 1 aliphatic heterocycles. The molecule has 1 saturated heterocycles. The van der Waals surface area contributed by atoms with Crippen LogP contribution in [0.5, 0.6) is 0 Å². The highest BCUT2D eigenvalue weighted by Crippen LogP contribution is 2.33. The van der Waals surface area contributed by atoms with Gasteiger partial charge < -0.3 is 15.2 Å². The summed E-state index contributed by atoms with van der Waals surface area (Å²) < 4.78 is 2.37. The van der Waals surface area contributed by atoms with Gasteiger partial charge in [-0.25, -0.2) is 9.97 Å². The molecule has 0 spiro atoms. The Labute approximate surface area is 136 Å². The average molecular weight is 312 g/mol. The van der Waals surface area contributed by atoms with Gasteiger partial charge in [0.15, 0.2) is 0 Å². The molecule has 3 heterocycles. The fourth-order valence-corrected chi connectivity index (χ4v) is 3.55. The molecule has 23 heavy (non-hydrogen) atoms. The number of rotatable bonds is 4. The molecule has 0 amide bonds. The molecule has 0 radical (unpaired) electrons. The molecular formula is C17H24N6. The number of aryl methyl sites for hydroxylation is 1. The van der Waals surface area contributed by atoms with E-state index in [0.29, 0.717) is 11.9 Å². The first-order chi connectivity index (χ1) is 11.2. The van der Waals surface area contributed by atoms with Crippen molar-refractivity contribution in [3.05, 3.63) is 30.0 Å². The van der Waals surface area contributed by atoms with E-state index in [1.165, 1.54) is 25.1 Å². The second-order valence-corrected chi connectivity index (χ2v) is 6.89. The van der Waals surface area contributed by atoms with Crippen LogP contribution < -0.4 is 10.6 Å². The zero-order chi connectivity index (χ0) is 15.8. The molecule has 4 rings (SSSR count). The van der Waals surface area contributed by atoms with Crippen LogP contribution in [0.1, 0.15) is 43.1 Å². The Hall–Kier alpha value is -2.11. The highest BCUT2D eigenvalue weighted by atomic mass is 15.2. The van der Waals surface area contributed by atoms with Gasteiger partial charge in [0.25, 0.3) is 0 Å². The molecule has 0 aromatic carbocycles. The minimum atomic E-state index is 0.359. The summed E-state index contributed by atoms with van der Waals surface area (Å²) in [5.41, 5.74) is 6.74. The maximum absolute atomic E-state index is 5.82. The molecule has 2 aromatic rings. The quantitative estimate of drug-likeness (QED) is 0.938. The predicted octanol–water partition coefficient (Wildman–Crippen LogP) is 2.36. The van der Waals surface area contributed by atoms with Crippen LogP contribution in [-0.4, -0.2) is 32.6 Å². The van der Waals surface area contributed by atoms with Crippen molar-refractivity contribution in [3.8, 4) is 0 Å². The molecule has 122 valence electrons. The summed E-state index contributed by atoms with van der Waals surface area (Å²) in [6, 6.07) is 2.02. The number of anilines is 2. The van der Waals surface area contributed by atoms with Gasteiger partial charge >= 0.3 is 0 Å². The lowest BCUT2D eigenvalue weighted by molar-refractivity contribution is 0.461. The Kier molecular flexibility index (Phi) is 3.67. The number of nitrogens with two attached hydrogens (primary N) is 1. The maximum Gasteiger partial charge on any atom is 0.222 e. The van der Waals surface area contributed by atoms with Crippen molar-refractivity contribution in [1.82, 2.24) is 19.5 Å². The highest BCUT2D eigenvalue weighted by molar-refractivity contribution is 5.44. The molecule has 2 aromatic heterocycles. The van der Waals surface area contributed by atoms with E-state index in [0.717, 1.165) is 43.5 Å². The van der Waals surface area contributed by atoms with Crippen LogP contribution >= 0.6 is 0 Å². The summed E-state index contributed by atoms with van der Waals surface area (Å²) in [7, 11) is 0. The largest absolute Gasteiger partial charge is 0.368 e. The van der Waals surface area contributed by atoms with Gasteiger partial charge in [-0.2, -0.15) is 4.98 Å². The van der Waals surface area contributed by atoms with Crippen molar-refractivity contribution in [2.75, 3.05) is 23.7 Å². The molecule has 1 atom stereocenters. The van der Waals surface area contributed by atoms with E-state index in [1.807, 2.05) is 19.2 Å². The molecule has 0 unspecified atom stereocenters. The molecule has 2 N–H and O–H groups in total. The molecule has 1 aliphatic carbocycles. The fourth-order valence-electron chi connectivity index (χ4n) is 3.55. The van der Waals surface area contributed by atoms with Gasteiger partial charge in [0.2, 0.25) is 5.95 Å². The zero-order valence-electron chi connectivity index (χ0n) is 13.6.